The Bertz CT molecular complexity index is 922. The second-order valence-electron chi connectivity index (χ2n) is 9.19. The van der Waals surface area contributed by atoms with Crippen LogP contribution in [0.15, 0.2) is 60.8 Å². The summed E-state index contributed by atoms with van der Waals surface area (Å²) in [6.45, 7) is 4.91. The molecule has 0 radical (unpaired) electrons. The highest BCUT2D eigenvalue weighted by molar-refractivity contribution is 5.83. The van der Waals surface area contributed by atoms with Gasteiger partial charge in [-0.05, 0) is 34.6 Å². The lowest BCUT2D eigenvalue weighted by molar-refractivity contribution is -0.166. The summed E-state index contributed by atoms with van der Waals surface area (Å²) >= 11 is 0. The summed E-state index contributed by atoms with van der Waals surface area (Å²) < 4.78 is 32.3. The predicted molar refractivity (Wildman–Crippen MR) is 152 cm³/mol. The smallest absolute Gasteiger partial charge is 0.330 e. The first-order valence-electron chi connectivity index (χ1n) is 13.2. The van der Waals surface area contributed by atoms with Gasteiger partial charge in [0.1, 0.15) is 33.0 Å². The minimum atomic E-state index is -1.40. The lowest BCUT2D eigenvalue weighted by Crippen LogP contribution is -2.46. The highest BCUT2D eigenvalue weighted by Crippen LogP contribution is 2.25. The van der Waals surface area contributed by atoms with Gasteiger partial charge in [0.2, 0.25) is 0 Å². The molecule has 0 aliphatic heterocycles. The Labute approximate surface area is 246 Å². The Kier molecular flexibility index (Phi) is 19.6. The van der Waals surface area contributed by atoms with Crippen LogP contribution in [0.2, 0.25) is 0 Å². The molecule has 0 fully saturated rings. The van der Waals surface area contributed by atoms with Gasteiger partial charge in [-0.1, -0.05) is 30.4 Å². The monoisotopic (exact) mass is 594 g/mol. The number of aliphatic hydroxyl groups excluding tert-OH is 1. The van der Waals surface area contributed by atoms with E-state index in [4.69, 9.17) is 28.4 Å². The zero-order valence-corrected chi connectivity index (χ0v) is 24.9. The second kappa shape index (κ2) is 21.7. The van der Waals surface area contributed by atoms with Crippen LogP contribution in [0, 0.1) is 10.8 Å². The van der Waals surface area contributed by atoms with E-state index in [1.165, 1.54) is 60.8 Å². The fourth-order valence-electron chi connectivity index (χ4n) is 3.04. The van der Waals surface area contributed by atoms with Gasteiger partial charge in [0.25, 0.3) is 0 Å². The number of carbonyl (C=O) groups excluding carboxylic acids is 5. The zero-order chi connectivity index (χ0) is 31.9. The van der Waals surface area contributed by atoms with Crippen LogP contribution in [0.4, 0.5) is 0 Å². The Balaban J connectivity index is 6.18. The Morgan fingerprint density at radius 1 is 0.452 bits per heavy atom. The molecule has 0 bridgehead atoms. The minimum Gasteiger partial charge on any atom is -0.462 e. The Hall–Kier alpha value is -4.03. The molecule has 0 saturated heterocycles. The van der Waals surface area contributed by atoms with E-state index in [-0.39, 0.29) is 46.2 Å². The summed E-state index contributed by atoms with van der Waals surface area (Å²) in [5, 5.41) is 10.3. The molecule has 0 spiro atoms. The first-order chi connectivity index (χ1) is 20.0. The maximum Gasteiger partial charge on any atom is 0.330 e. The minimum absolute atomic E-state index is 0.324. The second-order valence-corrected chi connectivity index (χ2v) is 9.19. The summed E-state index contributed by atoms with van der Waals surface area (Å²) in [4.78, 5) is 60.3. The molecule has 0 aromatic heterocycles. The molecule has 0 heterocycles. The third kappa shape index (κ3) is 16.3. The molecule has 1 N–H and O–H groups in total. The highest BCUT2D eigenvalue weighted by Gasteiger charge is 2.39. The van der Waals surface area contributed by atoms with E-state index in [1.807, 2.05) is 0 Å². The van der Waals surface area contributed by atoms with Gasteiger partial charge < -0.3 is 33.5 Å². The van der Waals surface area contributed by atoms with Crippen molar-refractivity contribution in [1.82, 2.24) is 0 Å². The van der Waals surface area contributed by atoms with E-state index in [1.54, 1.807) is 34.6 Å². The Morgan fingerprint density at radius 2 is 0.690 bits per heavy atom. The molecule has 12 heteroatoms. The molecule has 0 atom stereocenters. The topological polar surface area (TPSA) is 161 Å². The number of hydrogen-bond acceptors (Lipinski definition) is 12. The number of carbonyl (C=O) groups is 5. The summed E-state index contributed by atoms with van der Waals surface area (Å²) in [5.74, 6) is -3.46. The van der Waals surface area contributed by atoms with Crippen LogP contribution in [-0.4, -0.2) is 87.8 Å². The number of aliphatic hydroxyl groups is 1. The molecule has 0 aromatic carbocycles. The fraction of sp³-hybridized carbons (Fsp3) is 0.500. The summed E-state index contributed by atoms with van der Waals surface area (Å²) in [6, 6.07) is 0. The molecule has 0 rings (SSSR count). The average molecular weight is 595 g/mol. The lowest BCUT2D eigenvalue weighted by atomic mass is 9.90. The van der Waals surface area contributed by atoms with Crippen molar-refractivity contribution in [1.29, 1.82) is 0 Å². The lowest BCUT2D eigenvalue weighted by Gasteiger charge is -2.34. The van der Waals surface area contributed by atoms with Crippen molar-refractivity contribution in [2.75, 3.05) is 52.9 Å². The van der Waals surface area contributed by atoms with Gasteiger partial charge in [-0.3, -0.25) is 0 Å². The molecule has 0 saturated carbocycles. The number of rotatable bonds is 20. The molecule has 0 aromatic rings. The maximum absolute atomic E-state index is 12.1. The van der Waals surface area contributed by atoms with Crippen LogP contribution in [0.3, 0.4) is 0 Å². The average Bonchev–Trinajstić information content (AvgIpc) is 2.95. The van der Waals surface area contributed by atoms with Gasteiger partial charge in [-0.15, -0.1) is 0 Å². The SMILES string of the molecule is C/C=C/C(=O)OCC(CO)(COCC(COC(=O)/C=C/C)(COC(=O)/C=C/C)COC(=O)/C=C/C)COC(=O)/C=C/C. The zero-order valence-electron chi connectivity index (χ0n) is 24.9. The van der Waals surface area contributed by atoms with Crippen molar-refractivity contribution in [3.8, 4) is 0 Å². The van der Waals surface area contributed by atoms with E-state index >= 15 is 0 Å². The molecule has 0 unspecified atom stereocenters. The summed E-state index contributed by atoms with van der Waals surface area (Å²) in [7, 11) is 0. The van der Waals surface area contributed by atoms with Gasteiger partial charge in [-0.25, -0.2) is 24.0 Å². The summed E-state index contributed by atoms with van der Waals surface area (Å²) in [5.41, 5.74) is -2.79. The molecular weight excluding hydrogens is 552 g/mol. The number of ether oxygens (including phenoxy) is 6. The first-order valence-corrected chi connectivity index (χ1v) is 13.2. The standard InChI is InChI=1S/C30H42O12/c1-6-11-24(32)38-19-29(16-31,20-39-25(33)12-7-2)17-37-18-30(21-40-26(34)13-8-3,22-41-27(35)14-9-4)23-42-28(36)15-10-5/h6-15,31H,16-23H2,1-5H3/b11-6+,12-7+,13-8+,14-9+,15-10+. The normalized spacial score (nSPS) is 12.4. The van der Waals surface area contributed by atoms with Crippen molar-refractivity contribution < 1.29 is 57.5 Å². The number of allylic oxidation sites excluding steroid dienone is 5. The van der Waals surface area contributed by atoms with E-state index in [9.17, 15) is 29.1 Å². The van der Waals surface area contributed by atoms with Crippen LogP contribution in [-0.2, 0) is 52.4 Å². The first kappa shape index (κ1) is 38.0. The number of hydrogen-bond donors (Lipinski definition) is 1. The third-order valence-electron chi connectivity index (χ3n) is 5.27. The van der Waals surface area contributed by atoms with Gasteiger partial charge in [0, 0.05) is 30.4 Å². The van der Waals surface area contributed by atoms with Crippen LogP contribution < -0.4 is 0 Å². The maximum atomic E-state index is 12.1. The molecule has 0 aliphatic rings. The van der Waals surface area contributed by atoms with Crippen molar-refractivity contribution in [3.63, 3.8) is 0 Å². The van der Waals surface area contributed by atoms with Crippen molar-refractivity contribution in [2.24, 2.45) is 10.8 Å². The van der Waals surface area contributed by atoms with Crippen LogP contribution in [0.5, 0.6) is 0 Å². The summed E-state index contributed by atoms with van der Waals surface area (Å²) in [6.07, 6.45) is 13.2. The van der Waals surface area contributed by atoms with E-state index in [0.717, 1.165) is 0 Å². The van der Waals surface area contributed by atoms with Crippen LogP contribution >= 0.6 is 0 Å². The van der Waals surface area contributed by atoms with Gasteiger partial charge in [0.05, 0.1) is 30.7 Å². The molecular formula is C30H42O12. The largest absolute Gasteiger partial charge is 0.462 e. The molecule has 0 amide bonds. The van der Waals surface area contributed by atoms with Gasteiger partial charge in [-0.2, -0.15) is 0 Å². The fourth-order valence-corrected chi connectivity index (χ4v) is 3.04. The van der Waals surface area contributed by atoms with Gasteiger partial charge in [0.15, 0.2) is 0 Å². The highest BCUT2D eigenvalue weighted by atomic mass is 16.6. The molecule has 42 heavy (non-hydrogen) atoms. The van der Waals surface area contributed by atoms with Crippen molar-refractivity contribution in [2.45, 2.75) is 34.6 Å². The molecule has 12 nitrogen and oxygen atoms in total. The van der Waals surface area contributed by atoms with Gasteiger partial charge >= 0.3 is 29.8 Å². The third-order valence-corrected chi connectivity index (χ3v) is 5.27. The van der Waals surface area contributed by atoms with Crippen molar-refractivity contribution in [3.05, 3.63) is 60.8 Å². The quantitative estimate of drug-likeness (QED) is 0.125. The van der Waals surface area contributed by atoms with E-state index in [2.05, 4.69) is 0 Å². The van der Waals surface area contributed by atoms with Crippen LogP contribution in [0.25, 0.3) is 0 Å². The van der Waals surface area contributed by atoms with E-state index in [0.29, 0.717) is 0 Å². The van der Waals surface area contributed by atoms with Crippen molar-refractivity contribution >= 4 is 29.8 Å². The van der Waals surface area contributed by atoms with E-state index < -0.39 is 47.3 Å². The predicted octanol–water partition coefficient (Wildman–Crippen LogP) is 2.56. The molecule has 0 aliphatic carbocycles. The Morgan fingerprint density at radius 3 is 0.929 bits per heavy atom. The van der Waals surface area contributed by atoms with Crippen LogP contribution in [0.1, 0.15) is 34.6 Å². The number of esters is 5. The molecule has 234 valence electrons.